The zero-order valence-corrected chi connectivity index (χ0v) is 13.8. The van der Waals surface area contributed by atoms with Crippen LogP contribution in [0.1, 0.15) is 31.7 Å². The van der Waals surface area contributed by atoms with E-state index < -0.39 is 0 Å². The monoisotopic (exact) mass is 317 g/mol. The molecule has 2 atom stereocenters. The second-order valence-electron chi connectivity index (χ2n) is 6.61. The largest absolute Gasteiger partial charge is 0.378 e. The molecule has 0 saturated carbocycles. The Bertz CT molecular complexity index is 500. The van der Waals surface area contributed by atoms with E-state index >= 15 is 0 Å². The second-order valence-corrected chi connectivity index (χ2v) is 6.61. The number of amides is 1. The average Bonchev–Trinajstić information content (AvgIpc) is 3.02. The molecule has 2 aliphatic rings. The highest BCUT2D eigenvalue weighted by Gasteiger charge is 2.32. The first-order valence-corrected chi connectivity index (χ1v) is 8.68. The molecule has 1 aromatic rings. The van der Waals surface area contributed by atoms with E-state index in [-0.39, 0.29) is 18.1 Å². The van der Waals surface area contributed by atoms with Crippen molar-refractivity contribution in [2.75, 3.05) is 19.7 Å². The lowest BCUT2D eigenvalue weighted by Gasteiger charge is -2.33. The second kappa shape index (κ2) is 7.90. The van der Waals surface area contributed by atoms with Gasteiger partial charge >= 0.3 is 0 Å². The number of nitrogens with zero attached hydrogens (tertiary/aromatic N) is 1. The van der Waals surface area contributed by atoms with E-state index in [2.05, 4.69) is 42.0 Å². The van der Waals surface area contributed by atoms with Crippen LogP contribution in [0.2, 0.25) is 0 Å². The molecule has 2 fully saturated rings. The van der Waals surface area contributed by atoms with Gasteiger partial charge in [0, 0.05) is 19.1 Å². The molecule has 2 aliphatic heterocycles. The van der Waals surface area contributed by atoms with Crippen molar-refractivity contribution in [2.45, 2.75) is 50.8 Å². The van der Waals surface area contributed by atoms with Crippen LogP contribution in [0.25, 0.3) is 0 Å². The van der Waals surface area contributed by atoms with Crippen molar-refractivity contribution in [3.05, 3.63) is 35.9 Å². The first-order valence-electron chi connectivity index (χ1n) is 8.68. The van der Waals surface area contributed by atoms with Crippen molar-refractivity contribution in [3.8, 4) is 0 Å². The van der Waals surface area contributed by atoms with Crippen LogP contribution in [0.5, 0.6) is 0 Å². The minimum absolute atomic E-state index is 0.0689. The Balaban J connectivity index is 1.36. The van der Waals surface area contributed by atoms with Crippen LogP contribution in [-0.4, -0.2) is 48.7 Å². The summed E-state index contributed by atoms with van der Waals surface area (Å²) in [5, 5.41) is 0. The van der Waals surface area contributed by atoms with Crippen LogP contribution < -0.4 is 10.9 Å². The molecular formula is C18H27N3O2. The van der Waals surface area contributed by atoms with Crippen LogP contribution in [0.15, 0.2) is 30.3 Å². The molecule has 1 aromatic carbocycles. The third-order valence-corrected chi connectivity index (χ3v) is 4.73. The van der Waals surface area contributed by atoms with Gasteiger partial charge in [-0.1, -0.05) is 30.3 Å². The van der Waals surface area contributed by atoms with Gasteiger partial charge in [-0.3, -0.25) is 10.2 Å². The summed E-state index contributed by atoms with van der Waals surface area (Å²) in [4.78, 5) is 14.4. The maximum absolute atomic E-state index is 12.4. The maximum Gasteiger partial charge on any atom is 0.241 e. The molecule has 2 N–H and O–H groups in total. The number of carbonyl (C=O) groups excluding carboxylic acids is 1. The number of hydrazine groups is 1. The molecule has 0 radical (unpaired) electrons. The molecule has 23 heavy (non-hydrogen) atoms. The molecule has 5 nitrogen and oxygen atoms in total. The summed E-state index contributed by atoms with van der Waals surface area (Å²) in [6, 6.07) is 10.7. The molecule has 1 amide bonds. The predicted molar refractivity (Wildman–Crippen MR) is 89.8 cm³/mol. The Morgan fingerprint density at radius 2 is 1.96 bits per heavy atom. The van der Waals surface area contributed by atoms with Crippen LogP contribution in [0.3, 0.4) is 0 Å². The number of rotatable bonds is 5. The molecule has 5 heteroatoms. The Kier molecular flexibility index (Phi) is 5.65. The van der Waals surface area contributed by atoms with Crippen molar-refractivity contribution in [2.24, 2.45) is 0 Å². The van der Waals surface area contributed by atoms with Gasteiger partial charge in [0.25, 0.3) is 0 Å². The van der Waals surface area contributed by atoms with E-state index in [4.69, 9.17) is 4.74 Å². The predicted octanol–water partition coefficient (Wildman–Crippen LogP) is 1.49. The first kappa shape index (κ1) is 16.4. The lowest BCUT2D eigenvalue weighted by molar-refractivity contribution is -0.135. The highest BCUT2D eigenvalue weighted by atomic mass is 16.5. The Hall–Kier alpha value is -1.43. The van der Waals surface area contributed by atoms with Crippen LogP contribution >= 0.6 is 0 Å². The number of piperidine rings is 1. The van der Waals surface area contributed by atoms with Gasteiger partial charge in [0.2, 0.25) is 5.91 Å². The number of benzene rings is 1. The summed E-state index contributed by atoms with van der Waals surface area (Å²) in [6.07, 6.45) is 3.99. The van der Waals surface area contributed by atoms with E-state index in [9.17, 15) is 4.79 Å². The van der Waals surface area contributed by atoms with E-state index in [1.165, 1.54) is 5.56 Å². The van der Waals surface area contributed by atoms with E-state index in [1.807, 2.05) is 11.0 Å². The molecule has 126 valence electrons. The van der Waals surface area contributed by atoms with Gasteiger partial charge in [-0.2, -0.15) is 0 Å². The number of carbonyl (C=O) groups is 1. The zero-order valence-electron chi connectivity index (χ0n) is 13.8. The fourth-order valence-corrected chi connectivity index (χ4v) is 3.33. The minimum atomic E-state index is -0.0689. The summed E-state index contributed by atoms with van der Waals surface area (Å²) in [6.45, 7) is 4.46. The average molecular weight is 317 g/mol. The number of hydrogen-bond donors (Lipinski definition) is 2. The van der Waals surface area contributed by atoms with Crippen molar-refractivity contribution in [1.82, 2.24) is 15.8 Å². The van der Waals surface area contributed by atoms with Crippen molar-refractivity contribution in [3.63, 3.8) is 0 Å². The number of ether oxygens (including phenoxy) is 1. The normalized spacial score (nSPS) is 25.7. The quantitative estimate of drug-likeness (QED) is 0.864. The van der Waals surface area contributed by atoms with Crippen molar-refractivity contribution >= 4 is 5.91 Å². The molecule has 0 spiro atoms. The van der Waals surface area contributed by atoms with Gasteiger partial charge in [0.05, 0.1) is 12.7 Å². The zero-order chi connectivity index (χ0) is 16.1. The summed E-state index contributed by atoms with van der Waals surface area (Å²) < 4.78 is 5.99. The fraction of sp³-hybridized carbons (Fsp3) is 0.611. The number of nitrogens with one attached hydrogen (secondary N) is 2. The summed E-state index contributed by atoms with van der Waals surface area (Å²) in [7, 11) is 0. The third kappa shape index (κ3) is 4.53. The summed E-state index contributed by atoms with van der Waals surface area (Å²) in [5.41, 5.74) is 7.53. The minimum Gasteiger partial charge on any atom is -0.378 e. The summed E-state index contributed by atoms with van der Waals surface area (Å²) in [5.74, 6) is 0.226. The van der Waals surface area contributed by atoms with Crippen LogP contribution in [0.4, 0.5) is 0 Å². The van der Waals surface area contributed by atoms with Crippen molar-refractivity contribution < 1.29 is 9.53 Å². The van der Waals surface area contributed by atoms with Crippen LogP contribution in [-0.2, 0) is 16.0 Å². The standard InChI is InChI=1S/C18H27N3O2/c1-14-13-17(20-19-14)18(22)21-10-7-16(8-11-21)23-12-9-15-5-3-2-4-6-15/h2-6,14,16-17,19-20H,7-13H2,1H3. The van der Waals surface area contributed by atoms with Gasteiger partial charge in [-0.15, -0.1) is 0 Å². The van der Waals surface area contributed by atoms with E-state index in [1.54, 1.807) is 0 Å². The van der Waals surface area contributed by atoms with E-state index in [0.717, 1.165) is 45.4 Å². The Morgan fingerprint density at radius 3 is 2.61 bits per heavy atom. The van der Waals surface area contributed by atoms with Gasteiger partial charge in [-0.25, -0.2) is 5.43 Å². The molecule has 2 saturated heterocycles. The van der Waals surface area contributed by atoms with Crippen molar-refractivity contribution in [1.29, 1.82) is 0 Å². The van der Waals surface area contributed by atoms with Gasteiger partial charge < -0.3 is 9.64 Å². The lowest BCUT2D eigenvalue weighted by Crippen LogP contribution is -2.49. The topological polar surface area (TPSA) is 53.6 Å². The SMILES string of the molecule is CC1CC(C(=O)N2CCC(OCCc3ccccc3)CC2)NN1. The van der Waals surface area contributed by atoms with Crippen LogP contribution in [0, 0.1) is 0 Å². The van der Waals surface area contributed by atoms with E-state index in [0.29, 0.717) is 6.04 Å². The number of likely N-dealkylation sites (tertiary alicyclic amines) is 1. The van der Waals surface area contributed by atoms with Gasteiger partial charge in [-0.05, 0) is 38.2 Å². The third-order valence-electron chi connectivity index (χ3n) is 4.73. The Morgan fingerprint density at radius 1 is 1.22 bits per heavy atom. The Labute approximate surface area is 138 Å². The molecule has 2 unspecified atom stereocenters. The molecule has 0 bridgehead atoms. The number of hydrogen-bond acceptors (Lipinski definition) is 4. The molecule has 2 heterocycles. The molecule has 0 aromatic heterocycles. The van der Waals surface area contributed by atoms with Gasteiger partial charge in [0.1, 0.15) is 6.04 Å². The highest BCUT2D eigenvalue weighted by Crippen LogP contribution is 2.17. The summed E-state index contributed by atoms with van der Waals surface area (Å²) >= 11 is 0. The fourth-order valence-electron chi connectivity index (χ4n) is 3.33. The highest BCUT2D eigenvalue weighted by molar-refractivity contribution is 5.82. The first-order chi connectivity index (χ1) is 11.2. The maximum atomic E-state index is 12.4. The molecule has 0 aliphatic carbocycles. The van der Waals surface area contributed by atoms with Gasteiger partial charge in [0.15, 0.2) is 0 Å². The smallest absolute Gasteiger partial charge is 0.241 e. The molecule has 3 rings (SSSR count). The lowest BCUT2D eigenvalue weighted by atomic mass is 10.0. The molecular weight excluding hydrogens is 290 g/mol.